The van der Waals surface area contributed by atoms with Crippen LogP contribution in [-0.4, -0.2) is 16.8 Å². The Hall–Kier alpha value is -2.23. The topological polar surface area (TPSA) is 51.5 Å². The lowest BCUT2D eigenvalue weighted by Crippen LogP contribution is -2.24. The first kappa shape index (κ1) is 14.7. The van der Waals surface area contributed by atoms with Crippen LogP contribution in [0.5, 0.6) is 11.5 Å². The van der Waals surface area contributed by atoms with E-state index in [1.807, 2.05) is 19.2 Å². The van der Waals surface area contributed by atoms with Crippen LogP contribution in [0.25, 0.3) is 11.3 Å². The maximum Gasteiger partial charge on any atom is 0.185 e. The first-order chi connectivity index (χ1) is 10.6. The average Bonchev–Trinajstić information content (AvgIpc) is 2.53. The van der Waals surface area contributed by atoms with Crippen molar-refractivity contribution in [2.75, 3.05) is 7.11 Å². The molecule has 0 saturated heterocycles. The van der Waals surface area contributed by atoms with Gasteiger partial charge in [-0.15, -0.1) is 0 Å². The lowest BCUT2D eigenvalue weighted by molar-refractivity contribution is 0.372. The summed E-state index contributed by atoms with van der Waals surface area (Å²) in [6, 6.07) is 5.59. The summed E-state index contributed by atoms with van der Waals surface area (Å²) < 4.78 is 7.45. The molecule has 2 aromatic rings. The number of aromatic hydroxyl groups is 1. The fraction of sp³-hybridized carbons (Fsp3) is 0.389. The minimum absolute atomic E-state index is 0.0727. The van der Waals surface area contributed by atoms with Crippen molar-refractivity contribution in [3.63, 3.8) is 0 Å². The SMILES string of the molecule is CCc1c2n(ccc1=O)C(CC)Cc1cc(O)c(OC)cc1-2. The van der Waals surface area contributed by atoms with Crippen LogP contribution < -0.4 is 10.2 Å². The Labute approximate surface area is 130 Å². The lowest BCUT2D eigenvalue weighted by atomic mass is 9.88. The summed E-state index contributed by atoms with van der Waals surface area (Å²) in [6.45, 7) is 4.15. The quantitative estimate of drug-likeness (QED) is 0.946. The molecule has 2 heterocycles. The number of hydrogen-bond acceptors (Lipinski definition) is 3. The van der Waals surface area contributed by atoms with Crippen molar-refractivity contribution in [3.05, 3.63) is 45.7 Å². The number of nitrogens with zero attached hydrogens (tertiary/aromatic N) is 1. The van der Waals surface area contributed by atoms with E-state index in [0.717, 1.165) is 35.2 Å². The van der Waals surface area contributed by atoms with E-state index >= 15 is 0 Å². The Bertz CT molecular complexity index is 777. The molecular weight excluding hydrogens is 278 g/mol. The van der Waals surface area contributed by atoms with Gasteiger partial charge in [-0.1, -0.05) is 13.8 Å². The van der Waals surface area contributed by atoms with E-state index in [4.69, 9.17) is 4.74 Å². The molecule has 0 aliphatic carbocycles. The second kappa shape index (κ2) is 5.52. The Balaban J connectivity index is 2.36. The van der Waals surface area contributed by atoms with Crippen molar-refractivity contribution in [1.82, 2.24) is 4.57 Å². The molecule has 1 unspecified atom stereocenters. The lowest BCUT2D eigenvalue weighted by Gasteiger charge is -2.31. The molecule has 1 aromatic heterocycles. The third-order valence-electron chi connectivity index (χ3n) is 4.56. The third-order valence-corrected chi connectivity index (χ3v) is 4.56. The number of pyridine rings is 1. The second-order valence-corrected chi connectivity index (χ2v) is 5.72. The number of benzene rings is 1. The predicted molar refractivity (Wildman–Crippen MR) is 86.8 cm³/mol. The van der Waals surface area contributed by atoms with Gasteiger partial charge in [-0.3, -0.25) is 4.79 Å². The minimum Gasteiger partial charge on any atom is -0.504 e. The molecule has 0 amide bonds. The highest BCUT2D eigenvalue weighted by Gasteiger charge is 2.26. The van der Waals surface area contributed by atoms with E-state index < -0.39 is 0 Å². The molecule has 1 aromatic carbocycles. The summed E-state index contributed by atoms with van der Waals surface area (Å²) in [5.41, 5.74) is 3.94. The van der Waals surface area contributed by atoms with E-state index in [0.29, 0.717) is 18.2 Å². The molecule has 22 heavy (non-hydrogen) atoms. The molecule has 1 aliphatic rings. The number of fused-ring (bicyclic) bond motifs is 3. The molecule has 0 fully saturated rings. The molecule has 116 valence electrons. The highest BCUT2D eigenvalue weighted by atomic mass is 16.5. The van der Waals surface area contributed by atoms with Gasteiger partial charge in [-0.25, -0.2) is 0 Å². The molecule has 0 radical (unpaired) electrons. The summed E-state index contributed by atoms with van der Waals surface area (Å²) in [4.78, 5) is 12.3. The maximum atomic E-state index is 12.3. The average molecular weight is 299 g/mol. The Morgan fingerprint density at radius 2 is 2.14 bits per heavy atom. The van der Waals surface area contributed by atoms with Crippen LogP contribution in [0.1, 0.15) is 37.4 Å². The van der Waals surface area contributed by atoms with Gasteiger partial charge in [0.05, 0.1) is 12.8 Å². The Morgan fingerprint density at radius 1 is 1.36 bits per heavy atom. The van der Waals surface area contributed by atoms with E-state index in [1.165, 1.54) is 7.11 Å². The standard InChI is InChI=1S/C18H21NO3/c1-4-12-8-11-9-16(21)17(22-3)10-14(11)18-13(5-2)15(20)6-7-19(12)18/h6-7,9-10,12,21H,4-5,8H2,1-3H3. The fourth-order valence-electron chi connectivity index (χ4n) is 3.40. The van der Waals surface area contributed by atoms with Crippen molar-refractivity contribution < 1.29 is 9.84 Å². The van der Waals surface area contributed by atoms with Crippen LogP contribution in [-0.2, 0) is 12.8 Å². The summed E-state index contributed by atoms with van der Waals surface area (Å²) in [5, 5.41) is 10.1. The zero-order valence-electron chi connectivity index (χ0n) is 13.2. The van der Waals surface area contributed by atoms with Crippen molar-refractivity contribution >= 4 is 0 Å². The summed E-state index contributed by atoms with van der Waals surface area (Å²) >= 11 is 0. The molecule has 1 aliphatic heterocycles. The second-order valence-electron chi connectivity index (χ2n) is 5.72. The number of hydrogen-bond donors (Lipinski definition) is 1. The van der Waals surface area contributed by atoms with Gasteiger partial charge in [0.2, 0.25) is 0 Å². The number of phenolic OH excluding ortho intramolecular Hbond substituents is 1. The number of methoxy groups -OCH3 is 1. The smallest absolute Gasteiger partial charge is 0.185 e. The highest BCUT2D eigenvalue weighted by Crippen LogP contribution is 2.42. The Morgan fingerprint density at radius 3 is 2.77 bits per heavy atom. The molecule has 0 spiro atoms. The van der Waals surface area contributed by atoms with Crippen LogP contribution in [0.4, 0.5) is 0 Å². The number of ether oxygens (including phenoxy) is 1. The van der Waals surface area contributed by atoms with Crippen molar-refractivity contribution in [1.29, 1.82) is 0 Å². The van der Waals surface area contributed by atoms with E-state index in [9.17, 15) is 9.90 Å². The van der Waals surface area contributed by atoms with E-state index in [-0.39, 0.29) is 11.2 Å². The largest absolute Gasteiger partial charge is 0.504 e. The first-order valence-corrected chi connectivity index (χ1v) is 7.74. The predicted octanol–water partition coefficient (Wildman–Crippen LogP) is 3.30. The van der Waals surface area contributed by atoms with E-state index in [2.05, 4.69) is 11.5 Å². The summed E-state index contributed by atoms with van der Waals surface area (Å²) in [6.07, 6.45) is 4.41. The Kier molecular flexibility index (Phi) is 3.69. The van der Waals surface area contributed by atoms with Crippen molar-refractivity contribution in [2.45, 2.75) is 39.2 Å². The van der Waals surface area contributed by atoms with Gasteiger partial charge in [0.1, 0.15) is 0 Å². The fourth-order valence-corrected chi connectivity index (χ4v) is 3.40. The monoisotopic (exact) mass is 299 g/mol. The van der Waals surface area contributed by atoms with Crippen LogP contribution in [0, 0.1) is 0 Å². The normalized spacial score (nSPS) is 16.0. The summed E-state index contributed by atoms with van der Waals surface area (Å²) in [7, 11) is 1.54. The first-order valence-electron chi connectivity index (χ1n) is 7.74. The molecular formula is C18H21NO3. The van der Waals surface area contributed by atoms with Crippen molar-refractivity contribution in [3.8, 4) is 22.8 Å². The van der Waals surface area contributed by atoms with Gasteiger partial charge in [0.15, 0.2) is 16.9 Å². The molecule has 1 atom stereocenters. The van der Waals surface area contributed by atoms with Gasteiger partial charge < -0.3 is 14.4 Å². The van der Waals surface area contributed by atoms with Gasteiger partial charge in [-0.2, -0.15) is 0 Å². The minimum atomic E-state index is 0.0727. The number of phenols is 1. The van der Waals surface area contributed by atoms with Crippen molar-refractivity contribution in [2.24, 2.45) is 0 Å². The van der Waals surface area contributed by atoms with Gasteiger partial charge in [0.25, 0.3) is 0 Å². The van der Waals surface area contributed by atoms with Gasteiger partial charge in [0, 0.05) is 29.4 Å². The van der Waals surface area contributed by atoms with Gasteiger partial charge in [-0.05, 0) is 37.0 Å². The van der Waals surface area contributed by atoms with Crippen LogP contribution in [0.3, 0.4) is 0 Å². The zero-order chi connectivity index (χ0) is 15.9. The molecule has 3 rings (SSSR count). The summed E-state index contributed by atoms with van der Waals surface area (Å²) in [5.74, 6) is 0.597. The third kappa shape index (κ3) is 2.10. The molecule has 4 nitrogen and oxygen atoms in total. The molecule has 0 bridgehead atoms. The molecule has 0 saturated carbocycles. The zero-order valence-corrected chi connectivity index (χ0v) is 13.2. The van der Waals surface area contributed by atoms with Gasteiger partial charge >= 0.3 is 0 Å². The van der Waals surface area contributed by atoms with E-state index in [1.54, 1.807) is 12.1 Å². The number of rotatable bonds is 3. The van der Waals surface area contributed by atoms with Crippen LogP contribution in [0.2, 0.25) is 0 Å². The molecule has 4 heteroatoms. The van der Waals surface area contributed by atoms with Crippen LogP contribution >= 0.6 is 0 Å². The highest BCUT2D eigenvalue weighted by molar-refractivity contribution is 5.73. The van der Waals surface area contributed by atoms with Crippen LogP contribution in [0.15, 0.2) is 29.2 Å². The maximum absolute atomic E-state index is 12.3. The number of aromatic nitrogens is 1. The molecule has 1 N–H and O–H groups in total.